The molecule has 0 amide bonds. The predicted molar refractivity (Wildman–Crippen MR) is 99.7 cm³/mol. The van der Waals surface area contributed by atoms with E-state index in [9.17, 15) is 14.0 Å². The van der Waals surface area contributed by atoms with Crippen molar-refractivity contribution in [1.82, 2.24) is 4.98 Å². The molecule has 1 aromatic heterocycles. The second-order valence-electron chi connectivity index (χ2n) is 6.19. The lowest BCUT2D eigenvalue weighted by atomic mass is 10.1. The van der Waals surface area contributed by atoms with Crippen LogP contribution in [0.25, 0.3) is 6.08 Å². The third kappa shape index (κ3) is 3.27. The lowest BCUT2D eigenvalue weighted by Gasteiger charge is -2.10. The molecular weight excluding hydrogens is 361 g/mol. The van der Waals surface area contributed by atoms with E-state index in [2.05, 4.69) is 4.98 Å². The van der Waals surface area contributed by atoms with Crippen molar-refractivity contribution in [2.45, 2.75) is 6.92 Å². The van der Waals surface area contributed by atoms with Crippen LogP contribution in [0.3, 0.4) is 0 Å². The summed E-state index contributed by atoms with van der Waals surface area (Å²) in [5.41, 5.74) is 1.70. The van der Waals surface area contributed by atoms with Crippen LogP contribution < -0.4 is 9.47 Å². The molecule has 0 radical (unpaired) electrons. The molecule has 0 saturated carbocycles. The zero-order valence-corrected chi connectivity index (χ0v) is 14.8. The van der Waals surface area contributed by atoms with Crippen molar-refractivity contribution in [1.29, 1.82) is 0 Å². The van der Waals surface area contributed by atoms with Gasteiger partial charge in [0.05, 0.1) is 11.1 Å². The van der Waals surface area contributed by atoms with E-state index in [1.807, 2.05) is 0 Å². The molecule has 1 aliphatic rings. The third-order valence-electron chi connectivity index (χ3n) is 4.28. The van der Waals surface area contributed by atoms with Gasteiger partial charge in [-0.05, 0) is 55.0 Å². The molecule has 138 valence electrons. The number of esters is 1. The molecule has 0 spiro atoms. The summed E-state index contributed by atoms with van der Waals surface area (Å²) < 4.78 is 24.5. The Hall–Kier alpha value is -3.80. The maximum Gasteiger partial charge on any atom is 0.345 e. The Labute approximate surface area is 160 Å². The van der Waals surface area contributed by atoms with E-state index in [1.54, 1.807) is 49.5 Å². The molecule has 6 heteroatoms. The number of ether oxygens (including phenoxy) is 2. The first-order valence-corrected chi connectivity index (χ1v) is 8.48. The number of carbonyl (C=O) groups is 2. The summed E-state index contributed by atoms with van der Waals surface area (Å²) in [5, 5.41) is 0. The Morgan fingerprint density at radius 2 is 2.04 bits per heavy atom. The van der Waals surface area contributed by atoms with Gasteiger partial charge >= 0.3 is 5.97 Å². The second-order valence-corrected chi connectivity index (χ2v) is 6.19. The summed E-state index contributed by atoms with van der Waals surface area (Å²) in [6.45, 7) is 1.70. The maximum atomic E-state index is 13.4. The standard InChI is InChI=1S/C22H14FNO4/c1-13-18(28-22(26)15-5-3-9-24-12-15)8-7-17-20(25)19(27-21(13)17)11-14-4-2-6-16(23)10-14/h2-12H,1H3/b19-11-. The summed E-state index contributed by atoms with van der Waals surface area (Å²) in [6.07, 6.45) is 4.44. The van der Waals surface area contributed by atoms with Crippen LogP contribution in [0, 0.1) is 12.7 Å². The molecule has 0 fully saturated rings. The molecule has 2 aromatic carbocycles. The zero-order valence-electron chi connectivity index (χ0n) is 14.8. The smallest absolute Gasteiger partial charge is 0.345 e. The van der Waals surface area contributed by atoms with E-state index >= 15 is 0 Å². The number of halogens is 1. The van der Waals surface area contributed by atoms with Crippen molar-refractivity contribution in [2.24, 2.45) is 0 Å². The van der Waals surface area contributed by atoms with Crippen LogP contribution in [0.4, 0.5) is 4.39 Å². The van der Waals surface area contributed by atoms with Crippen molar-refractivity contribution in [2.75, 3.05) is 0 Å². The number of nitrogens with zero attached hydrogens (tertiary/aromatic N) is 1. The van der Waals surface area contributed by atoms with Crippen LogP contribution in [-0.4, -0.2) is 16.7 Å². The summed E-state index contributed by atoms with van der Waals surface area (Å²) in [7, 11) is 0. The minimum absolute atomic E-state index is 0.0828. The monoisotopic (exact) mass is 375 g/mol. The van der Waals surface area contributed by atoms with Gasteiger partial charge < -0.3 is 9.47 Å². The van der Waals surface area contributed by atoms with Gasteiger partial charge in [0.25, 0.3) is 0 Å². The van der Waals surface area contributed by atoms with Crippen molar-refractivity contribution in [3.05, 3.63) is 94.8 Å². The number of aromatic nitrogens is 1. The molecule has 3 aromatic rings. The van der Waals surface area contributed by atoms with Crippen LogP contribution in [0.15, 0.2) is 66.7 Å². The number of fused-ring (bicyclic) bond motifs is 1. The SMILES string of the molecule is Cc1c(OC(=O)c2cccnc2)ccc2c1O/C(=C\c1cccc(F)c1)C2=O. The van der Waals surface area contributed by atoms with Crippen molar-refractivity contribution in [3.8, 4) is 11.5 Å². The largest absolute Gasteiger partial charge is 0.452 e. The molecule has 1 aliphatic heterocycles. The number of carbonyl (C=O) groups excluding carboxylic acids is 2. The van der Waals surface area contributed by atoms with Crippen LogP contribution in [0.2, 0.25) is 0 Å². The summed E-state index contributed by atoms with van der Waals surface area (Å²) in [5.74, 6) is -0.586. The molecule has 4 rings (SSSR count). The van der Waals surface area contributed by atoms with Gasteiger partial charge in [-0.1, -0.05) is 12.1 Å². The number of allylic oxidation sites excluding steroid dienone is 1. The summed E-state index contributed by atoms with van der Waals surface area (Å²) >= 11 is 0. The van der Waals surface area contributed by atoms with Crippen LogP contribution in [0.1, 0.15) is 31.8 Å². The molecular formula is C22H14FNO4. The molecule has 5 nitrogen and oxygen atoms in total. The number of ketones is 1. The maximum absolute atomic E-state index is 13.4. The van der Waals surface area contributed by atoms with Crippen molar-refractivity contribution < 1.29 is 23.5 Å². The number of hydrogen-bond donors (Lipinski definition) is 0. The molecule has 0 bridgehead atoms. The fourth-order valence-electron chi connectivity index (χ4n) is 2.87. The van der Waals surface area contributed by atoms with Gasteiger partial charge in [-0.2, -0.15) is 0 Å². The van der Waals surface area contributed by atoms with E-state index < -0.39 is 11.8 Å². The molecule has 0 atom stereocenters. The Morgan fingerprint density at radius 3 is 2.79 bits per heavy atom. The van der Waals surface area contributed by atoms with Crippen molar-refractivity contribution >= 4 is 17.8 Å². The Kier molecular flexibility index (Phi) is 4.45. The summed E-state index contributed by atoms with van der Waals surface area (Å²) in [6, 6.07) is 12.2. The first-order valence-electron chi connectivity index (χ1n) is 8.48. The van der Waals surface area contributed by atoms with Gasteiger partial charge in [0, 0.05) is 18.0 Å². The minimum atomic E-state index is -0.559. The average molecular weight is 375 g/mol. The first-order chi connectivity index (χ1) is 13.5. The number of hydrogen-bond acceptors (Lipinski definition) is 5. The van der Waals surface area contributed by atoms with Gasteiger partial charge in [-0.25, -0.2) is 9.18 Å². The van der Waals surface area contributed by atoms with Crippen molar-refractivity contribution in [3.63, 3.8) is 0 Å². The predicted octanol–water partition coefficient (Wildman–Crippen LogP) is 4.36. The highest BCUT2D eigenvalue weighted by molar-refractivity contribution is 6.15. The Morgan fingerprint density at radius 1 is 1.18 bits per heavy atom. The highest BCUT2D eigenvalue weighted by Gasteiger charge is 2.30. The lowest BCUT2D eigenvalue weighted by molar-refractivity contribution is 0.0732. The molecule has 0 aliphatic carbocycles. The van der Waals surface area contributed by atoms with Crippen LogP contribution in [0.5, 0.6) is 11.5 Å². The fraction of sp³-hybridized carbons (Fsp3) is 0.0455. The molecule has 28 heavy (non-hydrogen) atoms. The highest BCUT2D eigenvalue weighted by Crippen LogP contribution is 2.39. The normalized spacial score (nSPS) is 13.9. The Bertz CT molecular complexity index is 1120. The van der Waals surface area contributed by atoms with E-state index in [1.165, 1.54) is 24.4 Å². The third-order valence-corrected chi connectivity index (χ3v) is 4.28. The second kappa shape index (κ2) is 7.08. The summed E-state index contributed by atoms with van der Waals surface area (Å²) in [4.78, 5) is 28.7. The molecule has 0 saturated heterocycles. The Balaban J connectivity index is 1.63. The van der Waals surface area contributed by atoms with Gasteiger partial charge in [0.15, 0.2) is 5.76 Å². The lowest BCUT2D eigenvalue weighted by Crippen LogP contribution is -2.09. The van der Waals surface area contributed by atoms with Crippen LogP contribution in [-0.2, 0) is 0 Å². The van der Waals surface area contributed by atoms with Gasteiger partial charge in [-0.15, -0.1) is 0 Å². The van der Waals surface area contributed by atoms with Gasteiger partial charge in [0.1, 0.15) is 17.3 Å². The van der Waals surface area contributed by atoms with Crippen LogP contribution >= 0.6 is 0 Å². The van der Waals surface area contributed by atoms with E-state index in [0.29, 0.717) is 28.0 Å². The minimum Gasteiger partial charge on any atom is -0.452 e. The highest BCUT2D eigenvalue weighted by atomic mass is 19.1. The average Bonchev–Trinajstić information content (AvgIpc) is 3.01. The first kappa shape index (κ1) is 17.6. The number of rotatable bonds is 3. The van der Waals surface area contributed by atoms with E-state index in [4.69, 9.17) is 9.47 Å². The zero-order chi connectivity index (χ0) is 19.7. The van der Waals surface area contributed by atoms with E-state index in [-0.39, 0.29) is 17.3 Å². The molecule has 0 unspecified atom stereocenters. The quantitative estimate of drug-likeness (QED) is 0.386. The molecule has 2 heterocycles. The number of Topliss-reactive ketones (excluding diaryl/α,β-unsaturated/α-hetero) is 1. The number of benzene rings is 2. The van der Waals surface area contributed by atoms with Gasteiger partial charge in [0.2, 0.25) is 5.78 Å². The fourth-order valence-corrected chi connectivity index (χ4v) is 2.87. The van der Waals surface area contributed by atoms with Gasteiger partial charge in [-0.3, -0.25) is 9.78 Å². The van der Waals surface area contributed by atoms with E-state index in [0.717, 1.165) is 0 Å². The number of pyridine rings is 1. The molecule has 0 N–H and O–H groups in total. The topological polar surface area (TPSA) is 65.5 Å².